The van der Waals surface area contributed by atoms with Gasteiger partial charge in [-0.15, -0.1) is 0 Å². The van der Waals surface area contributed by atoms with Gasteiger partial charge in [-0.05, 0) is 83.5 Å². The Morgan fingerprint density at radius 2 is 1.06 bits per heavy atom. The monoisotopic (exact) mass is 947 g/mol. The average molecular weight is 947 g/mol. The first-order valence-electron chi connectivity index (χ1n) is 23.4. The van der Waals surface area contributed by atoms with Crippen LogP contribution in [0.2, 0.25) is 0 Å². The number of hydrogen-bond donors (Lipinski definition) is 7. The fraction of sp³-hybridized carbons (Fsp3) is 0.569. The number of phosphoric acid groups is 1. The molecule has 0 radical (unpaired) electrons. The Bertz CT molecular complexity index is 1630. The summed E-state index contributed by atoms with van der Waals surface area (Å²) in [5.74, 6) is -1.30. The minimum absolute atomic E-state index is 0.0596. The van der Waals surface area contributed by atoms with E-state index in [1.54, 1.807) is 12.2 Å². The molecule has 9 atom stereocenters. The van der Waals surface area contributed by atoms with Gasteiger partial charge in [-0.25, -0.2) is 4.57 Å². The highest BCUT2D eigenvalue weighted by Gasteiger charge is 2.51. The molecule has 0 aromatic carbocycles. The van der Waals surface area contributed by atoms with Crippen LogP contribution >= 0.6 is 7.82 Å². The van der Waals surface area contributed by atoms with Gasteiger partial charge in [0.1, 0.15) is 43.2 Å². The van der Waals surface area contributed by atoms with Gasteiger partial charge in [0.05, 0.1) is 12.7 Å². The molecule has 15 heteroatoms. The molecule has 0 saturated heterocycles. The van der Waals surface area contributed by atoms with E-state index in [4.69, 9.17) is 18.5 Å². The molecule has 372 valence electrons. The molecule has 14 nitrogen and oxygen atoms in total. The first-order chi connectivity index (χ1) is 31.8. The molecule has 0 aliphatic heterocycles. The lowest BCUT2D eigenvalue weighted by Gasteiger charge is -2.41. The Hall–Kier alpha value is -3.79. The molecular formula is C51H79O14P. The first-order valence-corrected chi connectivity index (χ1v) is 24.9. The van der Waals surface area contributed by atoms with Crippen LogP contribution < -0.4 is 0 Å². The summed E-state index contributed by atoms with van der Waals surface area (Å²) in [5.41, 5.74) is 0. The molecule has 1 aliphatic carbocycles. The summed E-state index contributed by atoms with van der Waals surface area (Å²) in [4.78, 5) is 35.7. The van der Waals surface area contributed by atoms with Crippen LogP contribution in [0.1, 0.15) is 123 Å². The topological polar surface area (TPSA) is 230 Å². The second-order valence-corrected chi connectivity index (χ2v) is 17.1. The molecule has 7 N–H and O–H groups in total. The van der Waals surface area contributed by atoms with Gasteiger partial charge in [0.2, 0.25) is 0 Å². The van der Waals surface area contributed by atoms with E-state index >= 15 is 0 Å². The van der Waals surface area contributed by atoms with Gasteiger partial charge < -0.3 is 45.0 Å². The number of aliphatic hydroxyl groups is 6. The van der Waals surface area contributed by atoms with Crippen molar-refractivity contribution in [2.24, 2.45) is 0 Å². The lowest BCUT2D eigenvalue weighted by Crippen LogP contribution is -2.64. The summed E-state index contributed by atoms with van der Waals surface area (Å²) in [5, 5.41) is 60.0. The molecule has 1 rings (SSSR count). The van der Waals surface area contributed by atoms with Crippen LogP contribution in [-0.4, -0.2) is 110 Å². The molecule has 1 fully saturated rings. The number of carbonyl (C=O) groups is 2. The highest BCUT2D eigenvalue weighted by Crippen LogP contribution is 2.47. The first kappa shape index (κ1) is 60.2. The van der Waals surface area contributed by atoms with E-state index < -0.39 is 81.8 Å². The number of ether oxygens (including phenoxy) is 2. The van der Waals surface area contributed by atoms with Gasteiger partial charge >= 0.3 is 19.8 Å². The number of hydrogen-bond acceptors (Lipinski definition) is 13. The summed E-state index contributed by atoms with van der Waals surface area (Å²) >= 11 is 0. The van der Waals surface area contributed by atoms with Crippen molar-refractivity contribution in [1.82, 2.24) is 0 Å². The summed E-state index contributed by atoms with van der Waals surface area (Å²) in [7, 11) is -5.17. The quantitative estimate of drug-likeness (QED) is 0.0103. The van der Waals surface area contributed by atoms with Crippen molar-refractivity contribution in [3.8, 4) is 0 Å². The number of carbonyl (C=O) groups excluding carboxylic acids is 2. The number of aliphatic hydroxyl groups excluding tert-OH is 6. The molecule has 0 aromatic rings. The number of unbranched alkanes of at least 4 members (excludes halogenated alkanes) is 4. The van der Waals surface area contributed by atoms with Crippen molar-refractivity contribution in [3.05, 3.63) is 122 Å². The third-order valence-electron chi connectivity index (χ3n) is 9.88. The van der Waals surface area contributed by atoms with E-state index in [0.29, 0.717) is 32.1 Å². The molecule has 0 aromatic heterocycles. The zero-order valence-corrected chi connectivity index (χ0v) is 39.9. The van der Waals surface area contributed by atoms with Crippen LogP contribution in [0.4, 0.5) is 0 Å². The Kier molecular flexibility index (Phi) is 35.8. The number of allylic oxidation sites excluding steroid dienone is 18. The lowest BCUT2D eigenvalue weighted by atomic mass is 9.85. The van der Waals surface area contributed by atoms with Crippen LogP contribution in [0.5, 0.6) is 0 Å². The predicted molar refractivity (Wildman–Crippen MR) is 259 cm³/mol. The molecule has 66 heavy (non-hydrogen) atoms. The Labute approximate surface area is 393 Å². The Balaban J connectivity index is 2.58. The van der Waals surface area contributed by atoms with Crippen molar-refractivity contribution in [2.45, 2.75) is 172 Å². The van der Waals surface area contributed by atoms with Gasteiger partial charge in [0.15, 0.2) is 6.10 Å². The van der Waals surface area contributed by atoms with E-state index in [1.165, 1.54) is 19.3 Å². The standard InChI is InChI=1S/C51H79O14P/c1-3-5-7-8-9-10-11-12-13-14-15-18-21-24-27-30-34-38-44(53)62-40-43(41-63-66(60,61)65-51-49(58)47(56)46(55)48(57)50(51)59)64-45(54)39-35-31-28-25-22-19-16-17-20-23-26-29-33-37-42(52)36-32-6-4-2/h6,9-10,12-13,15,17-20,22,24,26-29,31-33,37,42-43,46-52,55-59H,3-5,7-8,11,14,16,21,23,25,30,34-36,38-41H2,1-2H3,(H,60,61)/b10-9-,13-12-,18-15-,20-17-,22-19-,27-24-,29-26+,31-28-,32-6-,37-33+/t42?,43-,46?,47-,48+,49-,50-,51?/m1/s1. The molecule has 0 amide bonds. The molecule has 4 unspecified atom stereocenters. The average Bonchev–Trinajstić information content (AvgIpc) is 3.29. The van der Waals surface area contributed by atoms with Crippen LogP contribution in [0.25, 0.3) is 0 Å². The van der Waals surface area contributed by atoms with E-state index in [1.807, 2.05) is 72.9 Å². The molecule has 0 spiro atoms. The van der Waals surface area contributed by atoms with Crippen LogP contribution in [0.15, 0.2) is 122 Å². The second kappa shape index (κ2) is 39.2. The molecule has 0 heterocycles. The third-order valence-corrected chi connectivity index (χ3v) is 10.9. The molecular weight excluding hydrogens is 868 g/mol. The zero-order chi connectivity index (χ0) is 48.7. The van der Waals surface area contributed by atoms with Crippen LogP contribution in [-0.2, 0) is 32.7 Å². The maximum Gasteiger partial charge on any atom is 0.472 e. The van der Waals surface area contributed by atoms with Gasteiger partial charge in [-0.3, -0.25) is 18.6 Å². The zero-order valence-electron chi connectivity index (χ0n) is 39.0. The SMILES string of the molecule is CC/C=C\CC(O)/C=C/C=C/C/C=C\C/C=C\C/C=C\CCC(=O)O[C@H](COC(=O)CCC/C=C\C/C=C\C/C=C\C/C=C\CCCCC)COP(=O)(O)OC1[C@H](O)[C@H](O)C(O)[C@H](O)[C@H]1O. The van der Waals surface area contributed by atoms with Crippen molar-refractivity contribution >= 4 is 19.8 Å². The van der Waals surface area contributed by atoms with Crippen molar-refractivity contribution in [1.29, 1.82) is 0 Å². The molecule has 1 saturated carbocycles. The minimum Gasteiger partial charge on any atom is -0.462 e. The van der Waals surface area contributed by atoms with Crippen LogP contribution in [0.3, 0.4) is 0 Å². The van der Waals surface area contributed by atoms with E-state index in [0.717, 1.165) is 44.9 Å². The van der Waals surface area contributed by atoms with E-state index in [9.17, 15) is 49.7 Å². The highest BCUT2D eigenvalue weighted by molar-refractivity contribution is 7.47. The lowest BCUT2D eigenvalue weighted by molar-refractivity contribution is -0.220. The van der Waals surface area contributed by atoms with Crippen molar-refractivity contribution in [2.75, 3.05) is 13.2 Å². The van der Waals surface area contributed by atoms with Crippen molar-refractivity contribution < 1.29 is 68.2 Å². The van der Waals surface area contributed by atoms with E-state index in [2.05, 4.69) is 50.3 Å². The number of phosphoric ester groups is 1. The maximum absolute atomic E-state index is 12.8. The summed E-state index contributed by atoms with van der Waals surface area (Å²) < 4.78 is 33.4. The fourth-order valence-corrected chi connectivity index (χ4v) is 7.07. The van der Waals surface area contributed by atoms with Gasteiger partial charge in [0, 0.05) is 12.8 Å². The molecule has 0 bridgehead atoms. The minimum atomic E-state index is -5.17. The number of esters is 2. The van der Waals surface area contributed by atoms with Gasteiger partial charge in [-0.1, -0.05) is 148 Å². The van der Waals surface area contributed by atoms with Crippen LogP contribution in [0, 0.1) is 0 Å². The third kappa shape index (κ3) is 31.2. The Morgan fingerprint density at radius 3 is 1.61 bits per heavy atom. The van der Waals surface area contributed by atoms with E-state index in [-0.39, 0.29) is 12.8 Å². The fourth-order valence-electron chi connectivity index (χ4n) is 6.09. The van der Waals surface area contributed by atoms with Gasteiger partial charge in [0.25, 0.3) is 0 Å². The second-order valence-electron chi connectivity index (χ2n) is 15.7. The predicted octanol–water partition coefficient (Wildman–Crippen LogP) is 8.36. The largest absolute Gasteiger partial charge is 0.472 e. The van der Waals surface area contributed by atoms with Gasteiger partial charge in [-0.2, -0.15) is 0 Å². The molecule has 1 aliphatic rings. The summed E-state index contributed by atoms with van der Waals surface area (Å²) in [6, 6.07) is 0. The maximum atomic E-state index is 12.8. The normalized spacial score (nSPS) is 22.9. The van der Waals surface area contributed by atoms with Crippen molar-refractivity contribution in [3.63, 3.8) is 0 Å². The smallest absolute Gasteiger partial charge is 0.462 e. The summed E-state index contributed by atoms with van der Waals surface area (Å²) in [6.45, 7) is 2.93. The highest BCUT2D eigenvalue weighted by atomic mass is 31.2. The Morgan fingerprint density at radius 1 is 0.561 bits per heavy atom. The summed E-state index contributed by atoms with van der Waals surface area (Å²) in [6.07, 6.45) is 38.8. The number of rotatable bonds is 36.